The third kappa shape index (κ3) is 2.66. The SMILES string of the molecule is O=C(O)CC1CN(S(=O)(=O)c2csc3ccc(Cl)cc23)C1. The summed E-state index contributed by atoms with van der Waals surface area (Å²) >= 11 is 7.29. The first-order valence-electron chi connectivity index (χ1n) is 6.26. The number of fused-ring (bicyclic) bond motifs is 1. The van der Waals surface area contributed by atoms with Crippen molar-refractivity contribution in [2.24, 2.45) is 5.92 Å². The molecule has 2 heterocycles. The zero-order valence-corrected chi connectivity index (χ0v) is 13.2. The van der Waals surface area contributed by atoms with Gasteiger partial charge in [-0.1, -0.05) is 11.6 Å². The largest absolute Gasteiger partial charge is 0.481 e. The first-order chi connectivity index (χ1) is 9.88. The number of rotatable bonds is 4. The second kappa shape index (κ2) is 5.24. The van der Waals surface area contributed by atoms with E-state index >= 15 is 0 Å². The summed E-state index contributed by atoms with van der Waals surface area (Å²) in [6.07, 6.45) is 0.00222. The van der Waals surface area contributed by atoms with Crippen LogP contribution < -0.4 is 0 Å². The summed E-state index contributed by atoms with van der Waals surface area (Å²) in [5, 5.41) is 11.4. The van der Waals surface area contributed by atoms with E-state index in [4.69, 9.17) is 16.7 Å². The summed E-state index contributed by atoms with van der Waals surface area (Å²) in [7, 11) is -3.58. The molecule has 0 spiro atoms. The molecule has 5 nitrogen and oxygen atoms in total. The molecule has 3 rings (SSSR count). The number of aliphatic carboxylic acids is 1. The van der Waals surface area contributed by atoms with Gasteiger partial charge in [0, 0.05) is 33.6 Å². The zero-order valence-electron chi connectivity index (χ0n) is 10.8. The normalized spacial score (nSPS) is 17.0. The van der Waals surface area contributed by atoms with Gasteiger partial charge >= 0.3 is 5.97 Å². The van der Waals surface area contributed by atoms with Gasteiger partial charge in [0.25, 0.3) is 0 Å². The molecule has 2 aromatic rings. The number of hydrogen-bond donors (Lipinski definition) is 1. The zero-order chi connectivity index (χ0) is 15.2. The number of halogens is 1. The van der Waals surface area contributed by atoms with E-state index in [1.54, 1.807) is 23.6 Å². The minimum absolute atomic E-state index is 0.00222. The molecule has 0 unspecified atom stereocenters. The number of sulfonamides is 1. The van der Waals surface area contributed by atoms with Gasteiger partial charge in [-0.15, -0.1) is 11.3 Å². The van der Waals surface area contributed by atoms with Crippen LogP contribution in [-0.2, 0) is 14.8 Å². The van der Waals surface area contributed by atoms with E-state index < -0.39 is 16.0 Å². The second-order valence-corrected chi connectivity index (χ2v) is 8.28. The van der Waals surface area contributed by atoms with Crippen LogP contribution in [0.5, 0.6) is 0 Å². The molecule has 1 saturated heterocycles. The molecule has 0 amide bonds. The van der Waals surface area contributed by atoms with Gasteiger partial charge in [0.15, 0.2) is 0 Å². The second-order valence-electron chi connectivity index (χ2n) is 5.03. The Labute approximate surface area is 130 Å². The maximum Gasteiger partial charge on any atom is 0.303 e. The highest BCUT2D eigenvalue weighted by Crippen LogP contribution is 2.35. The molecule has 1 aromatic heterocycles. The minimum Gasteiger partial charge on any atom is -0.481 e. The van der Waals surface area contributed by atoms with Gasteiger partial charge in [0.1, 0.15) is 4.90 Å². The predicted octanol–water partition coefficient (Wildman–Crippen LogP) is 2.65. The maximum atomic E-state index is 12.6. The quantitative estimate of drug-likeness (QED) is 0.924. The molecule has 1 fully saturated rings. The highest BCUT2D eigenvalue weighted by atomic mass is 35.5. The number of carboxylic acids is 1. The summed E-state index contributed by atoms with van der Waals surface area (Å²) in [5.41, 5.74) is 0. The van der Waals surface area contributed by atoms with Gasteiger partial charge < -0.3 is 5.11 Å². The van der Waals surface area contributed by atoms with Gasteiger partial charge in [0.05, 0.1) is 6.42 Å². The van der Waals surface area contributed by atoms with Gasteiger partial charge in [-0.3, -0.25) is 4.79 Å². The average Bonchev–Trinajstić information content (AvgIpc) is 2.76. The molecule has 0 saturated carbocycles. The monoisotopic (exact) mass is 345 g/mol. The van der Waals surface area contributed by atoms with E-state index in [2.05, 4.69) is 0 Å². The van der Waals surface area contributed by atoms with Crippen LogP contribution in [0.1, 0.15) is 6.42 Å². The number of thiophene rings is 1. The van der Waals surface area contributed by atoms with Crippen LogP contribution in [0.2, 0.25) is 5.02 Å². The van der Waals surface area contributed by atoms with E-state index in [0.717, 1.165) is 4.70 Å². The van der Waals surface area contributed by atoms with Crippen molar-refractivity contribution in [1.82, 2.24) is 4.31 Å². The minimum atomic E-state index is -3.58. The summed E-state index contributed by atoms with van der Waals surface area (Å²) < 4.78 is 27.3. The Balaban J connectivity index is 1.88. The first-order valence-corrected chi connectivity index (χ1v) is 8.96. The van der Waals surface area contributed by atoms with Gasteiger partial charge in [0.2, 0.25) is 10.0 Å². The van der Waals surface area contributed by atoms with Crippen molar-refractivity contribution in [3.8, 4) is 0 Å². The molecule has 1 aliphatic heterocycles. The van der Waals surface area contributed by atoms with Crippen LogP contribution in [-0.4, -0.2) is 36.9 Å². The lowest BCUT2D eigenvalue weighted by molar-refractivity contribution is -0.139. The molecule has 0 aliphatic carbocycles. The van der Waals surface area contributed by atoms with Crippen molar-refractivity contribution >= 4 is 49.0 Å². The van der Waals surface area contributed by atoms with Crippen LogP contribution in [0.4, 0.5) is 0 Å². The van der Waals surface area contributed by atoms with Crippen molar-refractivity contribution in [3.63, 3.8) is 0 Å². The van der Waals surface area contributed by atoms with Crippen LogP contribution >= 0.6 is 22.9 Å². The topological polar surface area (TPSA) is 74.7 Å². The average molecular weight is 346 g/mol. The lowest BCUT2D eigenvalue weighted by atomic mass is 10.00. The first kappa shape index (κ1) is 14.8. The van der Waals surface area contributed by atoms with Crippen molar-refractivity contribution in [2.45, 2.75) is 11.3 Å². The Bertz CT molecular complexity index is 809. The van der Waals surface area contributed by atoms with Crippen LogP contribution in [0, 0.1) is 5.92 Å². The fourth-order valence-corrected chi connectivity index (χ4v) is 5.62. The predicted molar refractivity (Wildman–Crippen MR) is 81.3 cm³/mol. The Hall–Kier alpha value is -1.15. The van der Waals surface area contributed by atoms with Crippen molar-refractivity contribution in [2.75, 3.05) is 13.1 Å². The highest BCUT2D eigenvalue weighted by molar-refractivity contribution is 7.89. The lowest BCUT2D eigenvalue weighted by Gasteiger charge is -2.37. The van der Waals surface area contributed by atoms with E-state index in [0.29, 0.717) is 10.4 Å². The third-order valence-corrected chi connectivity index (χ3v) is 6.72. The molecular weight excluding hydrogens is 334 g/mol. The molecule has 1 N–H and O–H groups in total. The standard InChI is InChI=1S/C13H12ClNO4S2/c14-9-1-2-11-10(4-9)12(7-20-11)21(18,19)15-5-8(6-15)3-13(16)17/h1-2,4,7-8H,3,5-6H2,(H,16,17). The molecule has 8 heteroatoms. The van der Waals surface area contributed by atoms with Gasteiger partial charge in [-0.05, 0) is 24.1 Å². The fourth-order valence-electron chi connectivity index (χ4n) is 2.41. The summed E-state index contributed by atoms with van der Waals surface area (Å²) in [5.74, 6) is -1.00. The van der Waals surface area contributed by atoms with Crippen LogP contribution in [0.25, 0.3) is 10.1 Å². The highest BCUT2D eigenvalue weighted by Gasteiger charge is 2.38. The molecule has 112 valence electrons. The number of carboxylic acid groups (broad SMARTS) is 1. The smallest absolute Gasteiger partial charge is 0.303 e. The molecule has 1 aromatic carbocycles. The van der Waals surface area contributed by atoms with Gasteiger partial charge in [-0.2, -0.15) is 4.31 Å². The molecular formula is C13H12ClNO4S2. The molecule has 1 aliphatic rings. The fraction of sp³-hybridized carbons (Fsp3) is 0.308. The van der Waals surface area contributed by atoms with Crippen LogP contribution in [0.15, 0.2) is 28.5 Å². The summed E-state index contributed by atoms with van der Waals surface area (Å²) in [6, 6.07) is 5.17. The van der Waals surface area contributed by atoms with E-state index in [-0.39, 0.29) is 30.3 Å². The summed E-state index contributed by atoms with van der Waals surface area (Å²) in [6.45, 7) is 0.513. The van der Waals surface area contributed by atoms with E-state index in [1.807, 2.05) is 0 Å². The third-order valence-electron chi connectivity index (χ3n) is 3.50. The van der Waals surface area contributed by atoms with Crippen molar-refractivity contribution < 1.29 is 18.3 Å². The Morgan fingerprint density at radius 1 is 1.43 bits per heavy atom. The lowest BCUT2D eigenvalue weighted by Crippen LogP contribution is -2.50. The van der Waals surface area contributed by atoms with Crippen molar-refractivity contribution in [1.29, 1.82) is 0 Å². The Kier molecular flexibility index (Phi) is 3.69. The maximum absolute atomic E-state index is 12.6. The Morgan fingerprint density at radius 2 is 2.14 bits per heavy atom. The number of hydrogen-bond acceptors (Lipinski definition) is 4. The molecule has 0 bridgehead atoms. The molecule has 21 heavy (non-hydrogen) atoms. The number of nitrogens with zero attached hydrogens (tertiary/aromatic N) is 1. The Morgan fingerprint density at radius 3 is 2.81 bits per heavy atom. The number of carbonyl (C=O) groups is 1. The van der Waals surface area contributed by atoms with E-state index in [9.17, 15) is 13.2 Å². The van der Waals surface area contributed by atoms with Crippen molar-refractivity contribution in [3.05, 3.63) is 28.6 Å². The van der Waals surface area contributed by atoms with E-state index in [1.165, 1.54) is 15.6 Å². The molecule has 0 radical (unpaired) electrons. The number of benzene rings is 1. The van der Waals surface area contributed by atoms with Gasteiger partial charge in [-0.25, -0.2) is 8.42 Å². The molecule has 0 atom stereocenters. The summed E-state index contributed by atoms with van der Waals surface area (Å²) in [4.78, 5) is 10.9. The van der Waals surface area contributed by atoms with Crippen LogP contribution in [0.3, 0.4) is 0 Å².